The van der Waals surface area contributed by atoms with Crippen LogP contribution in [0.5, 0.6) is 0 Å². The van der Waals surface area contributed by atoms with Gasteiger partial charge in [-0.1, -0.05) is 108 Å². The van der Waals surface area contributed by atoms with Gasteiger partial charge in [0.25, 0.3) is 0 Å². The summed E-state index contributed by atoms with van der Waals surface area (Å²) >= 11 is 0. The molecule has 44 heavy (non-hydrogen) atoms. The van der Waals surface area contributed by atoms with Crippen molar-refractivity contribution in [3.63, 3.8) is 0 Å². The number of anilines is 1. The van der Waals surface area contributed by atoms with Gasteiger partial charge in [0.2, 0.25) is 11.2 Å². The fourth-order valence-electron chi connectivity index (χ4n) is 6.72. The third-order valence-electron chi connectivity index (χ3n) is 9.30. The number of carbonyl (C=O) groups is 1. The van der Waals surface area contributed by atoms with Gasteiger partial charge in [0.1, 0.15) is 6.54 Å². The van der Waals surface area contributed by atoms with Crippen molar-refractivity contribution in [3.05, 3.63) is 101 Å². The van der Waals surface area contributed by atoms with E-state index in [1.807, 2.05) is 12.2 Å². The number of fused-ring (bicyclic) bond motifs is 2. The Kier molecular flexibility index (Phi) is 11.5. The van der Waals surface area contributed by atoms with Crippen LogP contribution in [0.1, 0.15) is 109 Å². The van der Waals surface area contributed by atoms with E-state index >= 15 is 0 Å². The molecule has 0 radical (unpaired) electrons. The lowest BCUT2D eigenvalue weighted by molar-refractivity contribution is -0.673. The minimum Gasteiger partial charge on any atom is -0.871 e. The highest BCUT2D eigenvalue weighted by Gasteiger charge is 2.29. The number of unbranched alkanes of at least 4 members (excludes halogenated alkanes) is 10. The van der Waals surface area contributed by atoms with Gasteiger partial charge in [-0.15, -0.1) is 0 Å². The van der Waals surface area contributed by atoms with Crippen LogP contribution in [0.2, 0.25) is 0 Å². The van der Waals surface area contributed by atoms with E-state index in [0.29, 0.717) is 11.1 Å². The van der Waals surface area contributed by atoms with Crippen molar-refractivity contribution in [2.24, 2.45) is 0 Å². The number of pyridine rings is 1. The normalized spacial score (nSPS) is 16.7. The SMILES string of the molecule is CCCCCCCCN1/C(=C/C2=C([O-])C(=Cc3ccc4ccccc4[n+]3CCCCCCCC)C2=O)CCc2ccccc21. The average Bonchev–Trinajstić information content (AvgIpc) is 3.06. The lowest BCUT2D eigenvalue weighted by Gasteiger charge is -2.36. The van der Waals surface area contributed by atoms with Crippen LogP contribution in [0.3, 0.4) is 0 Å². The summed E-state index contributed by atoms with van der Waals surface area (Å²) in [6.07, 6.45) is 20.3. The molecular formula is C40H50N2O2. The second kappa shape index (κ2) is 15.9. The molecule has 0 fully saturated rings. The molecule has 3 aromatic rings. The minimum atomic E-state index is -0.125. The van der Waals surface area contributed by atoms with Crippen LogP contribution in [0, 0.1) is 0 Å². The molecule has 232 valence electrons. The highest BCUT2D eigenvalue weighted by Crippen LogP contribution is 2.36. The zero-order chi connectivity index (χ0) is 30.7. The van der Waals surface area contributed by atoms with E-state index in [1.165, 1.54) is 80.8 Å². The van der Waals surface area contributed by atoms with Gasteiger partial charge in [-0.3, -0.25) is 4.79 Å². The second-order valence-corrected chi connectivity index (χ2v) is 12.6. The first-order valence-electron chi connectivity index (χ1n) is 17.3. The number of aryl methyl sites for hydroxylation is 2. The number of rotatable bonds is 16. The molecule has 0 saturated heterocycles. The summed E-state index contributed by atoms with van der Waals surface area (Å²) in [5.74, 6) is -0.250. The van der Waals surface area contributed by atoms with Gasteiger partial charge in [-0.05, 0) is 55.5 Å². The highest BCUT2D eigenvalue weighted by atomic mass is 16.3. The maximum atomic E-state index is 13.5. The minimum absolute atomic E-state index is 0.125. The molecule has 2 aromatic carbocycles. The molecular weight excluding hydrogens is 540 g/mol. The maximum Gasteiger partial charge on any atom is 0.212 e. The zero-order valence-electron chi connectivity index (χ0n) is 27.0. The Bertz CT molecular complexity index is 1530. The van der Waals surface area contributed by atoms with Crippen molar-refractivity contribution in [2.75, 3.05) is 11.4 Å². The van der Waals surface area contributed by atoms with Crippen LogP contribution in [-0.4, -0.2) is 12.3 Å². The predicted octanol–water partition coefficient (Wildman–Crippen LogP) is 8.77. The predicted molar refractivity (Wildman–Crippen MR) is 181 cm³/mol. The molecule has 0 saturated carbocycles. The maximum absolute atomic E-state index is 13.5. The standard InChI is InChI=1S/C40H50N2O2/c1-3-5-7-9-11-17-27-41-33(25-23-31-19-13-15-21-37(31)41)29-35-39(43)36(40(35)44)30-34-26-24-32-20-14-16-22-38(32)42(34)28-18-12-10-8-6-4-2/h13-16,19-23,25,29-30H,3-12,17-18,24,26-28H2,1-2H3. The molecule has 1 aromatic heterocycles. The van der Waals surface area contributed by atoms with Gasteiger partial charge in [0.05, 0.1) is 0 Å². The van der Waals surface area contributed by atoms with Crippen LogP contribution < -0.4 is 14.6 Å². The van der Waals surface area contributed by atoms with Gasteiger partial charge in [-0.25, -0.2) is 0 Å². The van der Waals surface area contributed by atoms with Crippen molar-refractivity contribution in [1.82, 2.24) is 0 Å². The van der Waals surface area contributed by atoms with Crippen LogP contribution in [0.25, 0.3) is 17.0 Å². The molecule has 5 rings (SSSR count). The Morgan fingerprint density at radius 2 is 1.43 bits per heavy atom. The molecule has 4 heteroatoms. The van der Waals surface area contributed by atoms with E-state index < -0.39 is 0 Å². The summed E-state index contributed by atoms with van der Waals surface area (Å²) in [5.41, 5.74) is 6.38. The molecule has 0 bridgehead atoms. The monoisotopic (exact) mass is 590 g/mol. The number of para-hydroxylation sites is 2. The summed E-state index contributed by atoms with van der Waals surface area (Å²) in [6, 6.07) is 21.1. The Balaban J connectivity index is 1.37. The number of aromatic nitrogens is 1. The number of benzene rings is 2. The molecule has 0 atom stereocenters. The van der Waals surface area contributed by atoms with Crippen LogP contribution in [-0.2, 0) is 17.8 Å². The topological polar surface area (TPSA) is 47.2 Å². The molecule has 0 spiro atoms. The van der Waals surface area contributed by atoms with E-state index in [1.54, 1.807) is 0 Å². The van der Waals surface area contributed by atoms with Crippen molar-refractivity contribution in [1.29, 1.82) is 0 Å². The van der Waals surface area contributed by atoms with E-state index in [-0.39, 0.29) is 11.5 Å². The lowest BCUT2D eigenvalue weighted by Crippen LogP contribution is -2.39. The van der Waals surface area contributed by atoms with Gasteiger partial charge < -0.3 is 10.0 Å². The number of allylic oxidation sites excluding steroid dienone is 4. The number of Topliss-reactive ketones (excluding diaryl/α,β-unsaturated/α-hetero) is 1. The van der Waals surface area contributed by atoms with Crippen LogP contribution in [0.4, 0.5) is 5.69 Å². The molecule has 1 aliphatic carbocycles. The van der Waals surface area contributed by atoms with Crippen LogP contribution in [0.15, 0.2) is 89.3 Å². The highest BCUT2D eigenvalue weighted by molar-refractivity contribution is 6.23. The summed E-state index contributed by atoms with van der Waals surface area (Å²) in [7, 11) is 0. The van der Waals surface area contributed by atoms with Crippen molar-refractivity contribution < 1.29 is 14.5 Å². The largest absolute Gasteiger partial charge is 0.871 e. The zero-order valence-corrected chi connectivity index (χ0v) is 27.0. The van der Waals surface area contributed by atoms with Crippen molar-refractivity contribution in [3.8, 4) is 0 Å². The molecule has 0 unspecified atom stereocenters. The summed E-state index contributed by atoms with van der Waals surface area (Å²) in [5, 5.41) is 14.7. The van der Waals surface area contributed by atoms with Gasteiger partial charge in [-0.2, -0.15) is 4.57 Å². The first-order chi connectivity index (χ1) is 21.6. The van der Waals surface area contributed by atoms with E-state index in [4.69, 9.17) is 0 Å². The molecule has 2 heterocycles. The van der Waals surface area contributed by atoms with Crippen molar-refractivity contribution in [2.45, 2.75) is 110 Å². The quantitative estimate of drug-likeness (QED) is 0.0952. The average molecular weight is 591 g/mol. The van der Waals surface area contributed by atoms with E-state index in [2.05, 4.69) is 84.0 Å². The van der Waals surface area contributed by atoms with E-state index in [0.717, 1.165) is 55.7 Å². The van der Waals surface area contributed by atoms with E-state index in [9.17, 15) is 9.90 Å². The number of hydrogen-bond acceptors (Lipinski definition) is 3. The lowest BCUT2D eigenvalue weighted by atomic mass is 9.85. The smallest absolute Gasteiger partial charge is 0.212 e. The second-order valence-electron chi connectivity index (χ2n) is 12.6. The Morgan fingerprint density at radius 1 is 0.750 bits per heavy atom. The number of carbonyl (C=O) groups excluding carboxylic acids is 1. The molecule has 1 aliphatic heterocycles. The number of ketones is 1. The Morgan fingerprint density at radius 3 is 2.20 bits per heavy atom. The third-order valence-corrected chi connectivity index (χ3v) is 9.30. The first kappa shape index (κ1) is 31.8. The number of hydrogen-bond donors (Lipinski definition) is 0. The van der Waals surface area contributed by atoms with Gasteiger partial charge in [0.15, 0.2) is 5.78 Å². The summed E-state index contributed by atoms with van der Waals surface area (Å²) in [4.78, 5) is 15.9. The number of nitrogens with zero attached hydrogens (tertiary/aromatic N) is 2. The first-order valence-corrected chi connectivity index (χ1v) is 17.3. The fraction of sp³-hybridized carbons (Fsp3) is 0.450. The van der Waals surface area contributed by atoms with Crippen LogP contribution >= 0.6 is 0 Å². The molecule has 2 aliphatic rings. The summed E-state index contributed by atoms with van der Waals surface area (Å²) < 4.78 is 2.29. The van der Waals surface area contributed by atoms with Gasteiger partial charge in [0, 0.05) is 59.1 Å². The molecule has 0 amide bonds. The summed E-state index contributed by atoms with van der Waals surface area (Å²) in [6.45, 7) is 6.29. The Hall–Kier alpha value is -3.66. The molecule has 4 nitrogen and oxygen atoms in total. The fourth-order valence-corrected chi connectivity index (χ4v) is 6.72. The molecule has 0 N–H and O–H groups in total. The van der Waals surface area contributed by atoms with Gasteiger partial charge >= 0.3 is 0 Å². The van der Waals surface area contributed by atoms with Crippen molar-refractivity contribution >= 4 is 28.4 Å². The Labute approximate surface area is 264 Å². The third kappa shape index (κ3) is 7.52.